The number of ketones is 1. The van der Waals surface area contributed by atoms with Gasteiger partial charge in [0.15, 0.2) is 17.7 Å². The summed E-state index contributed by atoms with van der Waals surface area (Å²) in [7, 11) is -1.46. The Hall–Kier alpha value is -2.23. The van der Waals surface area contributed by atoms with Gasteiger partial charge >= 0.3 is 13.1 Å². The average molecular weight is 542 g/mol. The zero-order valence-corrected chi connectivity index (χ0v) is 23.3. The molecule has 0 spiro atoms. The van der Waals surface area contributed by atoms with Crippen LogP contribution in [0.2, 0.25) is 0 Å². The van der Waals surface area contributed by atoms with Crippen molar-refractivity contribution in [1.82, 2.24) is 0 Å². The van der Waals surface area contributed by atoms with Gasteiger partial charge in [-0.25, -0.2) is 9.18 Å². The van der Waals surface area contributed by atoms with Crippen LogP contribution in [0.3, 0.4) is 0 Å². The lowest BCUT2D eigenvalue weighted by molar-refractivity contribution is -0.193. The fourth-order valence-corrected chi connectivity index (χ4v) is 8.91. The van der Waals surface area contributed by atoms with Crippen LogP contribution in [0, 0.1) is 45.7 Å². The van der Waals surface area contributed by atoms with Crippen LogP contribution >= 0.6 is 0 Å². The van der Waals surface area contributed by atoms with Crippen LogP contribution in [0.5, 0.6) is 5.75 Å². The van der Waals surface area contributed by atoms with Crippen LogP contribution in [0.15, 0.2) is 24.8 Å². The second-order valence-electron chi connectivity index (χ2n) is 13.0. The van der Waals surface area contributed by atoms with Crippen molar-refractivity contribution < 1.29 is 38.6 Å². The summed E-state index contributed by atoms with van der Waals surface area (Å²) < 4.78 is 27.0. The van der Waals surface area contributed by atoms with Crippen molar-refractivity contribution in [3.05, 3.63) is 36.2 Å². The molecule has 1 heterocycles. The highest BCUT2D eigenvalue weighted by Gasteiger charge is 2.69. The van der Waals surface area contributed by atoms with Crippen LogP contribution < -0.4 is 10.2 Å². The molecule has 39 heavy (non-hydrogen) atoms. The van der Waals surface area contributed by atoms with E-state index in [1.54, 1.807) is 12.1 Å². The molecule has 0 aromatic heterocycles. The number of carbonyl (C=O) groups excluding carboxylic acids is 1. The Morgan fingerprint density at radius 3 is 2.67 bits per heavy atom. The Labute approximate surface area is 229 Å². The lowest BCUT2D eigenvalue weighted by atomic mass is 9.41. The Balaban J connectivity index is 1.66. The molecule has 1 unspecified atom stereocenters. The number of rotatable bonds is 5. The van der Waals surface area contributed by atoms with Gasteiger partial charge in [-0.3, -0.25) is 4.79 Å². The van der Waals surface area contributed by atoms with E-state index < -0.39 is 59.2 Å². The Morgan fingerprint density at radius 2 is 2.00 bits per heavy atom. The summed E-state index contributed by atoms with van der Waals surface area (Å²) in [5, 5.41) is 32.6. The summed E-state index contributed by atoms with van der Waals surface area (Å²) in [5.74, 6) is -3.65. The minimum absolute atomic E-state index is 0.00626. The molecule has 5 rings (SSSR count). The number of Topliss-reactive ketones (excluding diaryl/α,β-unsaturated/α-hetero) is 1. The van der Waals surface area contributed by atoms with Gasteiger partial charge in [0.2, 0.25) is 0 Å². The maximum atomic E-state index is 15.7. The summed E-state index contributed by atoms with van der Waals surface area (Å²) >= 11 is 0. The third-order valence-corrected chi connectivity index (χ3v) is 11.4. The SMILES string of the molecule is C=C[C@]1(C)C[C@@H](C(Oc2ccc3c(c2F)B(O)OCC3)C(=O)O)[C@@]2(C)[C@H](C)CC[C@]3(CCC(=O)[C@H]32)[C@@H](C)[C@@H]1O. The molecule has 9 atom stereocenters. The molecule has 212 valence electrons. The number of carboxylic acid groups (broad SMARTS) is 1. The lowest BCUT2D eigenvalue weighted by Gasteiger charge is -2.63. The molecular weight excluding hydrogens is 502 g/mol. The van der Waals surface area contributed by atoms with Crippen molar-refractivity contribution >= 4 is 24.3 Å². The van der Waals surface area contributed by atoms with Gasteiger partial charge in [-0.1, -0.05) is 39.8 Å². The van der Waals surface area contributed by atoms with E-state index >= 15 is 4.39 Å². The predicted molar refractivity (Wildman–Crippen MR) is 144 cm³/mol. The summed E-state index contributed by atoms with van der Waals surface area (Å²) in [5.41, 5.74) is -1.55. The molecule has 1 aromatic rings. The minimum Gasteiger partial charge on any atom is -0.478 e. The molecule has 3 fully saturated rings. The number of aliphatic carboxylic acids is 1. The highest BCUT2D eigenvalue weighted by atomic mass is 19.1. The Bertz CT molecular complexity index is 1190. The number of carbonyl (C=O) groups is 2. The Kier molecular flexibility index (Phi) is 7.04. The first-order chi connectivity index (χ1) is 18.3. The van der Waals surface area contributed by atoms with Gasteiger partial charge in [-0.15, -0.1) is 6.58 Å². The first kappa shape index (κ1) is 28.3. The van der Waals surface area contributed by atoms with Crippen LogP contribution in [-0.4, -0.2) is 52.9 Å². The third-order valence-electron chi connectivity index (χ3n) is 11.4. The summed E-state index contributed by atoms with van der Waals surface area (Å²) in [4.78, 5) is 26.7. The highest BCUT2D eigenvalue weighted by molar-refractivity contribution is 6.61. The molecule has 3 saturated carbocycles. The van der Waals surface area contributed by atoms with Crippen molar-refractivity contribution in [2.45, 2.75) is 78.4 Å². The Morgan fingerprint density at radius 1 is 1.28 bits per heavy atom. The van der Waals surface area contributed by atoms with E-state index in [-0.39, 0.29) is 41.9 Å². The van der Waals surface area contributed by atoms with Gasteiger partial charge in [-0.2, -0.15) is 0 Å². The molecular formula is C30H40BFO7. The second-order valence-corrected chi connectivity index (χ2v) is 13.0. The standard InChI is InChI=1S/C30H40BFO7/c1-6-28(4)15-19(24(27(35)36)39-21-8-7-18-11-14-38-31(37)22(18)23(21)32)29(5)16(2)9-12-30(17(3)26(28)34)13-10-20(33)25(29)30/h6-8,16-17,19,24-26,34,37H,1,9-15H2,2-5H3,(H,35,36)/t16-,17+,19+,24?,25+,26+,28-,29-,30+/m1/s1. The van der Waals surface area contributed by atoms with Crippen molar-refractivity contribution in [2.24, 2.45) is 39.9 Å². The van der Waals surface area contributed by atoms with Crippen LogP contribution in [-0.2, 0) is 20.7 Å². The van der Waals surface area contributed by atoms with E-state index in [0.29, 0.717) is 24.8 Å². The first-order valence-corrected chi connectivity index (χ1v) is 14.2. The number of benzene rings is 1. The zero-order chi connectivity index (χ0) is 28.5. The van der Waals surface area contributed by atoms with E-state index in [9.17, 15) is 24.8 Å². The number of halogens is 1. The smallest absolute Gasteiger partial charge is 0.478 e. The maximum absolute atomic E-state index is 15.7. The van der Waals surface area contributed by atoms with Gasteiger partial charge < -0.3 is 24.6 Å². The number of fused-ring (bicyclic) bond motifs is 1. The maximum Gasteiger partial charge on any atom is 0.494 e. The monoisotopic (exact) mass is 542 g/mol. The highest BCUT2D eigenvalue weighted by Crippen LogP contribution is 2.69. The zero-order valence-electron chi connectivity index (χ0n) is 23.3. The van der Waals surface area contributed by atoms with Crippen molar-refractivity contribution in [2.75, 3.05) is 6.61 Å². The van der Waals surface area contributed by atoms with Gasteiger partial charge in [0, 0.05) is 35.7 Å². The molecule has 1 aromatic carbocycles. The van der Waals surface area contributed by atoms with Gasteiger partial charge in [0.05, 0.1) is 6.10 Å². The molecule has 9 heteroatoms. The normalized spacial score (nSPS) is 40.6. The number of aliphatic hydroxyl groups is 1. The number of ether oxygens (including phenoxy) is 1. The van der Waals surface area contributed by atoms with Crippen molar-refractivity contribution in [3.63, 3.8) is 0 Å². The molecule has 0 radical (unpaired) electrons. The fraction of sp³-hybridized carbons (Fsp3) is 0.667. The predicted octanol–water partition coefficient (Wildman–Crippen LogP) is 3.53. The average Bonchev–Trinajstić information content (AvgIpc) is 3.26. The summed E-state index contributed by atoms with van der Waals surface area (Å²) in [6.45, 7) is 12.3. The fourth-order valence-electron chi connectivity index (χ4n) is 8.91. The second kappa shape index (κ2) is 9.70. The van der Waals surface area contributed by atoms with Gasteiger partial charge in [-0.05, 0) is 66.4 Å². The van der Waals surface area contributed by atoms with Gasteiger partial charge in [0.1, 0.15) is 5.78 Å². The quantitative estimate of drug-likeness (QED) is 0.386. The molecule has 3 N–H and O–H groups in total. The molecule has 3 aliphatic carbocycles. The number of aliphatic hydroxyl groups excluding tert-OH is 1. The number of hydrogen-bond donors (Lipinski definition) is 3. The van der Waals surface area contributed by atoms with E-state index in [0.717, 1.165) is 12.8 Å². The topological polar surface area (TPSA) is 113 Å². The van der Waals surface area contributed by atoms with E-state index in [1.165, 1.54) is 6.07 Å². The molecule has 1 aliphatic heterocycles. The molecule has 0 saturated heterocycles. The minimum atomic E-state index is -1.50. The molecule has 2 bridgehead atoms. The first-order valence-electron chi connectivity index (χ1n) is 14.2. The molecule has 4 aliphatic rings. The van der Waals surface area contributed by atoms with E-state index in [4.69, 9.17) is 9.39 Å². The molecule has 0 amide bonds. The van der Waals surface area contributed by atoms with Crippen LogP contribution in [0.1, 0.15) is 65.4 Å². The number of carboxylic acids is 1. The summed E-state index contributed by atoms with van der Waals surface area (Å²) in [6.07, 6.45) is 2.62. The number of hydrogen-bond acceptors (Lipinski definition) is 6. The van der Waals surface area contributed by atoms with E-state index in [2.05, 4.69) is 13.5 Å². The largest absolute Gasteiger partial charge is 0.494 e. The van der Waals surface area contributed by atoms with Crippen LogP contribution in [0.25, 0.3) is 0 Å². The van der Waals surface area contributed by atoms with Crippen molar-refractivity contribution in [3.8, 4) is 5.75 Å². The molecule has 7 nitrogen and oxygen atoms in total. The third kappa shape index (κ3) is 4.02. The van der Waals surface area contributed by atoms with Gasteiger partial charge in [0.25, 0.3) is 0 Å². The van der Waals surface area contributed by atoms with E-state index in [1.807, 2.05) is 20.8 Å². The van der Waals surface area contributed by atoms with Crippen LogP contribution in [0.4, 0.5) is 4.39 Å². The lowest BCUT2D eigenvalue weighted by Crippen LogP contribution is -2.63. The van der Waals surface area contributed by atoms with Crippen molar-refractivity contribution in [1.29, 1.82) is 0 Å². The summed E-state index contributed by atoms with van der Waals surface area (Å²) in [6, 6.07) is 3.04.